The minimum atomic E-state index is -0.122. The Kier molecular flexibility index (Phi) is 6.96. The Morgan fingerprint density at radius 3 is 2.50 bits per heavy atom. The van der Waals surface area contributed by atoms with E-state index in [1.54, 1.807) is 0 Å². The van der Waals surface area contributed by atoms with E-state index in [1.165, 1.54) is 29.6 Å². The second kappa shape index (κ2) is 10.1. The van der Waals surface area contributed by atoms with Gasteiger partial charge in [-0.05, 0) is 29.9 Å². The largest absolute Gasteiger partial charge is 0.352 e. The maximum atomic E-state index is 12.7. The van der Waals surface area contributed by atoms with Crippen LogP contribution in [0.25, 0.3) is 11.3 Å². The number of nitrogens with zero attached hydrogens (tertiary/aromatic N) is 2. The van der Waals surface area contributed by atoms with Crippen LogP contribution >= 0.6 is 22.7 Å². The summed E-state index contributed by atoms with van der Waals surface area (Å²) in [5, 5.41) is 10.1. The molecule has 0 atom stereocenters. The van der Waals surface area contributed by atoms with Crippen molar-refractivity contribution in [3.63, 3.8) is 0 Å². The van der Waals surface area contributed by atoms with E-state index in [4.69, 9.17) is 0 Å². The molecule has 3 aromatic rings. The summed E-state index contributed by atoms with van der Waals surface area (Å²) in [6.07, 6.45) is 1.30. The van der Waals surface area contributed by atoms with Crippen molar-refractivity contribution in [3.05, 3.63) is 57.6 Å². The van der Waals surface area contributed by atoms with Gasteiger partial charge in [0.25, 0.3) is 5.91 Å². The summed E-state index contributed by atoms with van der Waals surface area (Å²) in [6, 6.07) is 11.5. The van der Waals surface area contributed by atoms with Crippen molar-refractivity contribution in [1.29, 1.82) is 0 Å². The molecular weight excluding hydrogens is 444 g/mol. The van der Waals surface area contributed by atoms with Crippen LogP contribution in [0.4, 0.5) is 5.13 Å². The summed E-state index contributed by atoms with van der Waals surface area (Å²) in [4.78, 5) is 43.3. The SMILES string of the molecule is CC(=O)NCc1ccc(-c2csc(NC(=O)C3CCN(C(=O)c4cccs4)CC3)n2)cc1. The molecule has 3 heterocycles. The molecule has 0 saturated carbocycles. The number of thiophene rings is 1. The number of nitrogens with one attached hydrogen (secondary N) is 2. The fourth-order valence-corrected chi connectivity index (χ4v) is 5.01. The molecule has 1 aromatic carbocycles. The number of hydrogen-bond acceptors (Lipinski definition) is 6. The van der Waals surface area contributed by atoms with Crippen LogP contribution in [-0.4, -0.2) is 40.7 Å². The highest BCUT2D eigenvalue weighted by Crippen LogP contribution is 2.27. The highest BCUT2D eigenvalue weighted by Gasteiger charge is 2.28. The molecule has 0 unspecified atom stereocenters. The maximum Gasteiger partial charge on any atom is 0.263 e. The molecule has 166 valence electrons. The van der Waals surface area contributed by atoms with Gasteiger partial charge in [-0.1, -0.05) is 30.3 Å². The van der Waals surface area contributed by atoms with Gasteiger partial charge >= 0.3 is 0 Å². The summed E-state index contributed by atoms with van der Waals surface area (Å²) in [5.41, 5.74) is 2.76. The van der Waals surface area contributed by atoms with Crippen molar-refractivity contribution in [2.24, 2.45) is 5.92 Å². The molecule has 1 aliphatic rings. The van der Waals surface area contributed by atoms with E-state index in [1.807, 2.05) is 52.1 Å². The summed E-state index contributed by atoms with van der Waals surface area (Å²) < 4.78 is 0. The molecule has 7 nitrogen and oxygen atoms in total. The molecule has 2 aromatic heterocycles. The molecular formula is C23H24N4O3S2. The average molecular weight is 469 g/mol. The van der Waals surface area contributed by atoms with Crippen molar-refractivity contribution in [1.82, 2.24) is 15.2 Å². The topological polar surface area (TPSA) is 91.4 Å². The van der Waals surface area contributed by atoms with Crippen LogP contribution in [0.15, 0.2) is 47.2 Å². The molecule has 1 fully saturated rings. The van der Waals surface area contributed by atoms with Crippen molar-refractivity contribution in [3.8, 4) is 11.3 Å². The number of hydrogen-bond donors (Lipinski definition) is 2. The third-order valence-corrected chi connectivity index (χ3v) is 7.03. The Hall–Kier alpha value is -3.04. The van der Waals surface area contributed by atoms with Gasteiger partial charge < -0.3 is 15.5 Å². The van der Waals surface area contributed by atoms with Gasteiger partial charge in [0.05, 0.1) is 10.6 Å². The molecule has 0 aliphatic carbocycles. The number of benzene rings is 1. The van der Waals surface area contributed by atoms with Gasteiger partial charge in [0, 0.05) is 43.4 Å². The molecule has 4 rings (SSSR count). The Labute approximate surface area is 194 Å². The quantitative estimate of drug-likeness (QED) is 0.572. The lowest BCUT2D eigenvalue weighted by Crippen LogP contribution is -2.41. The predicted octanol–water partition coefficient (Wildman–Crippen LogP) is 4.00. The third kappa shape index (κ3) is 5.41. The number of carbonyl (C=O) groups is 3. The first-order chi connectivity index (χ1) is 15.5. The minimum Gasteiger partial charge on any atom is -0.352 e. The smallest absolute Gasteiger partial charge is 0.263 e. The first kappa shape index (κ1) is 22.2. The molecule has 2 N–H and O–H groups in total. The number of carbonyl (C=O) groups excluding carboxylic acids is 3. The van der Waals surface area contributed by atoms with E-state index in [-0.39, 0.29) is 23.6 Å². The summed E-state index contributed by atoms with van der Waals surface area (Å²) in [5.74, 6) is -0.178. The molecule has 0 spiro atoms. The number of anilines is 1. The lowest BCUT2D eigenvalue weighted by molar-refractivity contribution is -0.121. The molecule has 3 amide bonds. The number of amides is 3. The number of aromatic nitrogens is 1. The zero-order valence-electron chi connectivity index (χ0n) is 17.7. The van der Waals surface area contributed by atoms with Gasteiger partial charge in [0.2, 0.25) is 11.8 Å². The highest BCUT2D eigenvalue weighted by atomic mass is 32.1. The van der Waals surface area contributed by atoms with Gasteiger partial charge in [0.15, 0.2) is 5.13 Å². The monoisotopic (exact) mass is 468 g/mol. The molecule has 1 saturated heterocycles. The molecule has 9 heteroatoms. The van der Waals surface area contributed by atoms with Gasteiger partial charge in [-0.3, -0.25) is 14.4 Å². The second-order valence-electron chi connectivity index (χ2n) is 7.68. The molecule has 1 aliphatic heterocycles. The van der Waals surface area contributed by atoms with Crippen LogP contribution in [0.1, 0.15) is 35.0 Å². The van der Waals surface area contributed by atoms with Crippen LogP contribution in [-0.2, 0) is 16.1 Å². The van der Waals surface area contributed by atoms with Crippen molar-refractivity contribution >= 4 is 45.5 Å². The summed E-state index contributed by atoms with van der Waals surface area (Å²) >= 11 is 2.84. The summed E-state index contributed by atoms with van der Waals surface area (Å²) in [7, 11) is 0. The highest BCUT2D eigenvalue weighted by molar-refractivity contribution is 7.14. The van der Waals surface area contributed by atoms with E-state index in [2.05, 4.69) is 15.6 Å². The zero-order chi connectivity index (χ0) is 22.5. The first-order valence-corrected chi connectivity index (χ1v) is 12.2. The van der Waals surface area contributed by atoms with Crippen molar-refractivity contribution in [2.75, 3.05) is 18.4 Å². The lowest BCUT2D eigenvalue weighted by Gasteiger charge is -2.30. The standard InChI is InChI=1S/C23H24N4O3S2/c1-15(28)24-13-16-4-6-17(7-5-16)19-14-32-23(25-19)26-21(29)18-8-10-27(11-9-18)22(30)20-3-2-12-31-20/h2-7,12,14,18H,8-11,13H2,1H3,(H,24,28)(H,25,26,29). The Balaban J connectivity index is 1.29. The fourth-order valence-electron chi connectivity index (χ4n) is 3.59. The van der Waals surface area contributed by atoms with Gasteiger partial charge in [-0.25, -0.2) is 4.98 Å². The predicted molar refractivity (Wildman–Crippen MR) is 127 cm³/mol. The van der Waals surface area contributed by atoms with Gasteiger partial charge in [0.1, 0.15) is 0 Å². The Morgan fingerprint density at radius 2 is 1.84 bits per heavy atom. The van der Waals surface area contributed by atoms with Crippen molar-refractivity contribution in [2.45, 2.75) is 26.3 Å². The number of likely N-dealkylation sites (tertiary alicyclic amines) is 1. The fraction of sp³-hybridized carbons (Fsp3) is 0.304. The zero-order valence-corrected chi connectivity index (χ0v) is 19.3. The molecule has 0 radical (unpaired) electrons. The normalized spacial score (nSPS) is 14.2. The molecule has 32 heavy (non-hydrogen) atoms. The van der Waals surface area contributed by atoms with Crippen molar-refractivity contribution < 1.29 is 14.4 Å². The van der Waals surface area contributed by atoms with Crippen LogP contribution in [0, 0.1) is 5.92 Å². The van der Waals surface area contributed by atoms with E-state index in [0.29, 0.717) is 37.6 Å². The van der Waals surface area contributed by atoms with Gasteiger partial charge in [-0.2, -0.15) is 0 Å². The van der Waals surface area contributed by atoms with Crippen LogP contribution in [0.3, 0.4) is 0 Å². The Morgan fingerprint density at radius 1 is 1.09 bits per heavy atom. The third-order valence-electron chi connectivity index (χ3n) is 5.41. The number of rotatable bonds is 6. The second-order valence-corrected chi connectivity index (χ2v) is 9.48. The first-order valence-electron chi connectivity index (χ1n) is 10.4. The lowest BCUT2D eigenvalue weighted by atomic mass is 9.96. The van der Waals surface area contributed by atoms with Gasteiger partial charge in [-0.15, -0.1) is 22.7 Å². The van der Waals surface area contributed by atoms with Crippen LogP contribution < -0.4 is 10.6 Å². The maximum absolute atomic E-state index is 12.7. The van der Waals surface area contributed by atoms with E-state index < -0.39 is 0 Å². The number of thiazole rings is 1. The average Bonchev–Trinajstić information content (AvgIpc) is 3.50. The van der Waals surface area contributed by atoms with Crippen LogP contribution in [0.2, 0.25) is 0 Å². The van der Waals surface area contributed by atoms with E-state index in [0.717, 1.165) is 21.7 Å². The molecule has 0 bridgehead atoms. The Bertz CT molecular complexity index is 1080. The minimum absolute atomic E-state index is 0.0419. The van der Waals surface area contributed by atoms with Crippen LogP contribution in [0.5, 0.6) is 0 Å². The number of piperidine rings is 1. The summed E-state index contributed by atoms with van der Waals surface area (Å²) in [6.45, 7) is 3.16. The van der Waals surface area contributed by atoms with E-state index in [9.17, 15) is 14.4 Å². The van der Waals surface area contributed by atoms with E-state index >= 15 is 0 Å².